The van der Waals surface area contributed by atoms with Crippen molar-refractivity contribution >= 4 is 22.8 Å². The lowest BCUT2D eigenvalue weighted by Crippen LogP contribution is -2.28. The molecule has 0 radical (unpaired) electrons. The number of benzene rings is 2. The summed E-state index contributed by atoms with van der Waals surface area (Å²) < 4.78 is 20.9. The lowest BCUT2D eigenvalue weighted by molar-refractivity contribution is -0.147. The standard InChI is InChI=1S/C21H21NO6/c1-25-16-7-8-17-15(12-27-19(17)10-16)9-21(24)28-13-20(23)22-11-14-5-3-4-6-18(14)26-2/h3-8,10,12H,9,11,13H2,1-2H3,(H,22,23). The third-order valence-corrected chi connectivity index (χ3v) is 4.23. The van der Waals surface area contributed by atoms with Gasteiger partial charge in [0, 0.05) is 29.1 Å². The van der Waals surface area contributed by atoms with E-state index in [1.165, 1.54) is 6.26 Å². The summed E-state index contributed by atoms with van der Waals surface area (Å²) in [7, 11) is 3.14. The van der Waals surface area contributed by atoms with Crippen LogP contribution in [0.15, 0.2) is 53.1 Å². The Morgan fingerprint density at radius 1 is 1.04 bits per heavy atom. The number of esters is 1. The molecule has 0 bridgehead atoms. The number of ether oxygens (including phenoxy) is 3. The van der Waals surface area contributed by atoms with Crippen LogP contribution in [0.25, 0.3) is 11.0 Å². The molecule has 28 heavy (non-hydrogen) atoms. The van der Waals surface area contributed by atoms with E-state index in [4.69, 9.17) is 18.6 Å². The number of nitrogens with one attached hydrogen (secondary N) is 1. The van der Waals surface area contributed by atoms with E-state index in [0.717, 1.165) is 10.9 Å². The molecule has 1 heterocycles. The predicted octanol–water partition coefficient (Wildman–Crippen LogP) is 2.85. The van der Waals surface area contributed by atoms with Crippen LogP contribution >= 0.6 is 0 Å². The molecule has 1 amide bonds. The molecule has 0 aliphatic rings. The molecule has 0 saturated carbocycles. The van der Waals surface area contributed by atoms with Crippen molar-refractivity contribution in [2.24, 2.45) is 0 Å². The molecule has 7 nitrogen and oxygen atoms in total. The van der Waals surface area contributed by atoms with Crippen molar-refractivity contribution in [3.8, 4) is 11.5 Å². The van der Waals surface area contributed by atoms with Gasteiger partial charge in [0.15, 0.2) is 6.61 Å². The first kappa shape index (κ1) is 19.3. The smallest absolute Gasteiger partial charge is 0.310 e. The largest absolute Gasteiger partial charge is 0.497 e. The lowest BCUT2D eigenvalue weighted by Gasteiger charge is -2.09. The Morgan fingerprint density at radius 3 is 2.64 bits per heavy atom. The van der Waals surface area contributed by atoms with Crippen LogP contribution in [-0.2, 0) is 27.3 Å². The summed E-state index contributed by atoms with van der Waals surface area (Å²) in [5, 5.41) is 3.51. The molecule has 0 aliphatic carbocycles. The van der Waals surface area contributed by atoms with E-state index in [9.17, 15) is 9.59 Å². The Bertz CT molecular complexity index is 978. The first-order valence-electron chi connectivity index (χ1n) is 8.69. The number of hydrogen-bond donors (Lipinski definition) is 1. The van der Waals surface area contributed by atoms with Gasteiger partial charge in [-0.2, -0.15) is 0 Å². The summed E-state index contributed by atoms with van der Waals surface area (Å²) in [6.07, 6.45) is 1.52. The third kappa shape index (κ3) is 4.62. The van der Waals surface area contributed by atoms with Gasteiger partial charge in [-0.1, -0.05) is 18.2 Å². The highest BCUT2D eigenvalue weighted by molar-refractivity contribution is 5.87. The molecule has 0 atom stereocenters. The minimum atomic E-state index is -0.508. The topological polar surface area (TPSA) is 87.0 Å². The zero-order valence-electron chi connectivity index (χ0n) is 15.7. The molecule has 0 aliphatic heterocycles. The molecule has 0 unspecified atom stereocenters. The fraction of sp³-hybridized carbons (Fsp3) is 0.238. The first-order valence-corrected chi connectivity index (χ1v) is 8.69. The molecule has 0 saturated heterocycles. The molecule has 1 N–H and O–H groups in total. The summed E-state index contributed by atoms with van der Waals surface area (Å²) in [5.74, 6) is 0.456. The van der Waals surface area contributed by atoms with E-state index in [-0.39, 0.29) is 25.5 Å². The Balaban J connectivity index is 1.49. The maximum Gasteiger partial charge on any atom is 0.310 e. The van der Waals surface area contributed by atoms with Crippen LogP contribution in [0.4, 0.5) is 0 Å². The fourth-order valence-electron chi connectivity index (χ4n) is 2.77. The van der Waals surface area contributed by atoms with Crippen molar-refractivity contribution in [1.29, 1.82) is 0 Å². The first-order chi connectivity index (χ1) is 13.6. The second kappa shape index (κ2) is 8.94. The van der Waals surface area contributed by atoms with E-state index in [1.54, 1.807) is 26.4 Å². The van der Waals surface area contributed by atoms with E-state index in [2.05, 4.69) is 5.32 Å². The van der Waals surface area contributed by atoms with Gasteiger partial charge in [-0.15, -0.1) is 0 Å². The Labute approximate surface area is 162 Å². The summed E-state index contributed by atoms with van der Waals surface area (Å²) in [6, 6.07) is 12.7. The van der Waals surface area contributed by atoms with Crippen LogP contribution in [0.5, 0.6) is 11.5 Å². The van der Waals surface area contributed by atoms with Gasteiger partial charge in [-0.25, -0.2) is 0 Å². The number of furan rings is 1. The molecular formula is C21H21NO6. The van der Waals surface area contributed by atoms with Gasteiger partial charge >= 0.3 is 5.97 Å². The Morgan fingerprint density at radius 2 is 1.86 bits per heavy atom. The van der Waals surface area contributed by atoms with Crippen molar-refractivity contribution in [2.45, 2.75) is 13.0 Å². The van der Waals surface area contributed by atoms with E-state index in [0.29, 0.717) is 22.6 Å². The van der Waals surface area contributed by atoms with Gasteiger partial charge in [0.2, 0.25) is 0 Å². The maximum absolute atomic E-state index is 12.1. The average Bonchev–Trinajstić information content (AvgIpc) is 3.12. The van der Waals surface area contributed by atoms with Crippen LogP contribution in [0.3, 0.4) is 0 Å². The lowest BCUT2D eigenvalue weighted by atomic mass is 10.1. The molecule has 7 heteroatoms. The maximum atomic E-state index is 12.1. The van der Waals surface area contributed by atoms with E-state index < -0.39 is 5.97 Å². The normalized spacial score (nSPS) is 10.5. The van der Waals surface area contributed by atoms with Gasteiger partial charge in [0.05, 0.1) is 26.9 Å². The van der Waals surface area contributed by atoms with Crippen LogP contribution in [-0.4, -0.2) is 32.7 Å². The van der Waals surface area contributed by atoms with E-state index >= 15 is 0 Å². The number of carbonyl (C=O) groups excluding carboxylic acids is 2. The molecule has 0 spiro atoms. The van der Waals surface area contributed by atoms with Gasteiger partial charge in [0.25, 0.3) is 5.91 Å². The Hall–Kier alpha value is -3.48. The number of amides is 1. The molecule has 2 aromatic carbocycles. The van der Waals surface area contributed by atoms with Crippen molar-refractivity contribution in [3.63, 3.8) is 0 Å². The summed E-state index contributed by atoms with van der Waals surface area (Å²) in [4.78, 5) is 24.0. The Kier molecular flexibility index (Phi) is 6.16. The summed E-state index contributed by atoms with van der Waals surface area (Å²) in [5.41, 5.74) is 2.15. The van der Waals surface area contributed by atoms with Gasteiger partial charge in [-0.05, 0) is 18.2 Å². The molecule has 1 aromatic heterocycles. The van der Waals surface area contributed by atoms with Gasteiger partial charge in [-0.3, -0.25) is 9.59 Å². The van der Waals surface area contributed by atoms with Crippen LogP contribution in [0.1, 0.15) is 11.1 Å². The highest BCUT2D eigenvalue weighted by atomic mass is 16.5. The van der Waals surface area contributed by atoms with Crippen molar-refractivity contribution in [1.82, 2.24) is 5.32 Å². The number of hydrogen-bond acceptors (Lipinski definition) is 6. The zero-order valence-corrected chi connectivity index (χ0v) is 15.7. The number of fused-ring (bicyclic) bond motifs is 1. The summed E-state index contributed by atoms with van der Waals surface area (Å²) in [6.45, 7) is -0.0633. The number of rotatable bonds is 8. The van der Waals surface area contributed by atoms with Crippen LogP contribution in [0.2, 0.25) is 0 Å². The molecule has 146 valence electrons. The van der Waals surface area contributed by atoms with E-state index in [1.807, 2.05) is 30.3 Å². The van der Waals surface area contributed by atoms with Gasteiger partial charge in [0.1, 0.15) is 17.1 Å². The molecule has 3 rings (SSSR count). The van der Waals surface area contributed by atoms with Crippen molar-refractivity contribution in [3.05, 3.63) is 59.9 Å². The zero-order chi connectivity index (χ0) is 19.9. The third-order valence-electron chi connectivity index (χ3n) is 4.23. The summed E-state index contributed by atoms with van der Waals surface area (Å²) >= 11 is 0. The number of para-hydroxylation sites is 1. The quantitative estimate of drug-likeness (QED) is 0.602. The number of methoxy groups -OCH3 is 2. The fourth-order valence-corrected chi connectivity index (χ4v) is 2.77. The molecule has 3 aromatic rings. The van der Waals surface area contributed by atoms with Gasteiger partial charge < -0.3 is 23.9 Å². The minimum Gasteiger partial charge on any atom is -0.497 e. The second-order valence-corrected chi connectivity index (χ2v) is 6.05. The number of carbonyl (C=O) groups is 2. The van der Waals surface area contributed by atoms with Crippen LogP contribution < -0.4 is 14.8 Å². The minimum absolute atomic E-state index is 0.0130. The monoisotopic (exact) mass is 383 g/mol. The molecule has 0 fully saturated rings. The highest BCUT2D eigenvalue weighted by Crippen LogP contribution is 2.26. The SMILES string of the molecule is COc1ccc2c(CC(=O)OCC(=O)NCc3ccccc3OC)coc2c1. The predicted molar refractivity (Wildman–Crippen MR) is 102 cm³/mol. The second-order valence-electron chi connectivity index (χ2n) is 6.05. The van der Waals surface area contributed by atoms with Crippen molar-refractivity contribution < 1.29 is 28.2 Å². The van der Waals surface area contributed by atoms with Crippen LogP contribution in [0, 0.1) is 0 Å². The average molecular weight is 383 g/mol. The highest BCUT2D eigenvalue weighted by Gasteiger charge is 2.14. The molecular weight excluding hydrogens is 362 g/mol. The van der Waals surface area contributed by atoms with Crippen molar-refractivity contribution in [2.75, 3.05) is 20.8 Å².